The standard InChI is InChI=1S/C9H11Cl2NO.ClH/c1-5(13)9(12)7-3-2-6(10)4-8(7)11;/h2-5,9,13H,12H2,1H3;1H/t5-,9-;/m0./s1. The lowest BCUT2D eigenvalue weighted by Crippen LogP contribution is -2.23. The molecule has 3 N–H and O–H groups in total. The van der Waals surface area contributed by atoms with E-state index < -0.39 is 12.1 Å². The second kappa shape index (κ2) is 5.79. The number of benzene rings is 1. The number of rotatable bonds is 2. The molecule has 0 fully saturated rings. The summed E-state index contributed by atoms with van der Waals surface area (Å²) in [4.78, 5) is 0. The molecule has 2 atom stereocenters. The fourth-order valence-electron chi connectivity index (χ4n) is 1.03. The van der Waals surface area contributed by atoms with Crippen LogP contribution in [0.3, 0.4) is 0 Å². The summed E-state index contributed by atoms with van der Waals surface area (Å²) in [6, 6.07) is 4.57. The van der Waals surface area contributed by atoms with Crippen molar-refractivity contribution in [3.63, 3.8) is 0 Å². The van der Waals surface area contributed by atoms with E-state index in [1.54, 1.807) is 25.1 Å². The first kappa shape index (κ1) is 14.0. The average Bonchev–Trinajstić information content (AvgIpc) is 2.03. The highest BCUT2D eigenvalue weighted by Crippen LogP contribution is 2.26. The molecule has 1 aromatic rings. The zero-order valence-electron chi connectivity index (χ0n) is 7.58. The number of hydrogen-bond acceptors (Lipinski definition) is 2. The first-order chi connectivity index (χ1) is 6.02. The zero-order valence-corrected chi connectivity index (χ0v) is 9.90. The SMILES string of the molecule is C[C@H](O)[C@H](N)c1ccc(Cl)cc1Cl.Cl. The largest absolute Gasteiger partial charge is 0.391 e. The Bertz CT molecular complexity index is 304. The summed E-state index contributed by atoms with van der Waals surface area (Å²) < 4.78 is 0. The average molecular weight is 257 g/mol. The van der Waals surface area contributed by atoms with E-state index in [0.29, 0.717) is 15.6 Å². The summed E-state index contributed by atoms with van der Waals surface area (Å²) in [6.07, 6.45) is -0.626. The number of aliphatic hydroxyl groups is 1. The van der Waals surface area contributed by atoms with Gasteiger partial charge in [0.1, 0.15) is 0 Å². The van der Waals surface area contributed by atoms with Gasteiger partial charge in [0.2, 0.25) is 0 Å². The Morgan fingerprint density at radius 3 is 2.36 bits per heavy atom. The molecule has 1 rings (SSSR count). The van der Waals surface area contributed by atoms with Crippen molar-refractivity contribution in [3.8, 4) is 0 Å². The van der Waals surface area contributed by atoms with Crippen molar-refractivity contribution in [2.75, 3.05) is 0 Å². The molecule has 2 nitrogen and oxygen atoms in total. The summed E-state index contributed by atoms with van der Waals surface area (Å²) in [5.74, 6) is 0. The lowest BCUT2D eigenvalue weighted by atomic mass is 10.0. The van der Waals surface area contributed by atoms with Gasteiger partial charge in [0.05, 0.1) is 12.1 Å². The minimum absolute atomic E-state index is 0. The van der Waals surface area contributed by atoms with Crippen molar-refractivity contribution < 1.29 is 5.11 Å². The summed E-state index contributed by atoms with van der Waals surface area (Å²) in [5, 5.41) is 10.3. The van der Waals surface area contributed by atoms with Crippen molar-refractivity contribution in [3.05, 3.63) is 33.8 Å². The van der Waals surface area contributed by atoms with E-state index in [4.69, 9.17) is 28.9 Å². The van der Waals surface area contributed by atoms with Gasteiger partial charge in [-0.05, 0) is 24.6 Å². The smallest absolute Gasteiger partial charge is 0.0705 e. The van der Waals surface area contributed by atoms with E-state index in [2.05, 4.69) is 0 Å². The van der Waals surface area contributed by atoms with Gasteiger partial charge < -0.3 is 10.8 Å². The third-order valence-electron chi connectivity index (χ3n) is 1.84. The van der Waals surface area contributed by atoms with E-state index in [0.717, 1.165) is 0 Å². The maximum Gasteiger partial charge on any atom is 0.0705 e. The van der Waals surface area contributed by atoms with Gasteiger partial charge in [-0.15, -0.1) is 12.4 Å². The van der Waals surface area contributed by atoms with Gasteiger partial charge in [-0.2, -0.15) is 0 Å². The van der Waals surface area contributed by atoms with Crippen LogP contribution in [0.5, 0.6) is 0 Å². The van der Waals surface area contributed by atoms with Crippen LogP contribution in [0.15, 0.2) is 18.2 Å². The fraction of sp³-hybridized carbons (Fsp3) is 0.333. The molecule has 0 aliphatic rings. The molecule has 5 heteroatoms. The van der Waals surface area contributed by atoms with Crippen molar-refractivity contribution in [1.82, 2.24) is 0 Å². The lowest BCUT2D eigenvalue weighted by Gasteiger charge is -2.16. The minimum atomic E-state index is -0.626. The van der Waals surface area contributed by atoms with E-state index >= 15 is 0 Å². The Hall–Kier alpha value is 0.01000. The molecule has 0 unspecified atom stereocenters. The Balaban J connectivity index is 0.00000169. The molecular weight excluding hydrogens is 244 g/mol. The van der Waals surface area contributed by atoms with Crippen LogP contribution in [0.1, 0.15) is 18.5 Å². The monoisotopic (exact) mass is 255 g/mol. The highest BCUT2D eigenvalue weighted by atomic mass is 35.5. The highest BCUT2D eigenvalue weighted by Gasteiger charge is 2.14. The second-order valence-electron chi connectivity index (χ2n) is 2.93. The maximum atomic E-state index is 9.25. The number of nitrogens with two attached hydrogens (primary N) is 1. The first-order valence-electron chi connectivity index (χ1n) is 3.91. The van der Waals surface area contributed by atoms with Gasteiger partial charge in [-0.1, -0.05) is 29.3 Å². The van der Waals surface area contributed by atoms with E-state index in [-0.39, 0.29) is 12.4 Å². The zero-order chi connectivity index (χ0) is 10.0. The predicted molar refractivity (Wildman–Crippen MR) is 62.3 cm³/mol. The van der Waals surface area contributed by atoms with Gasteiger partial charge in [-0.3, -0.25) is 0 Å². The van der Waals surface area contributed by atoms with Gasteiger partial charge >= 0.3 is 0 Å². The van der Waals surface area contributed by atoms with Crippen molar-refractivity contribution in [2.24, 2.45) is 5.73 Å². The van der Waals surface area contributed by atoms with Crippen LogP contribution < -0.4 is 5.73 Å². The van der Waals surface area contributed by atoms with E-state index in [1.165, 1.54) is 0 Å². The number of aliphatic hydroxyl groups excluding tert-OH is 1. The van der Waals surface area contributed by atoms with Crippen LogP contribution in [-0.2, 0) is 0 Å². The third kappa shape index (κ3) is 3.30. The molecule has 0 spiro atoms. The Labute approximate surface area is 99.4 Å². The summed E-state index contributed by atoms with van der Waals surface area (Å²) in [6.45, 7) is 1.62. The molecule has 0 aliphatic carbocycles. The van der Waals surface area contributed by atoms with Crippen LogP contribution in [-0.4, -0.2) is 11.2 Å². The quantitative estimate of drug-likeness (QED) is 0.855. The van der Waals surface area contributed by atoms with Crippen LogP contribution in [0.4, 0.5) is 0 Å². The van der Waals surface area contributed by atoms with Gasteiger partial charge in [0.15, 0.2) is 0 Å². The van der Waals surface area contributed by atoms with Gasteiger partial charge in [-0.25, -0.2) is 0 Å². The van der Waals surface area contributed by atoms with Gasteiger partial charge in [0, 0.05) is 10.0 Å². The van der Waals surface area contributed by atoms with Gasteiger partial charge in [0.25, 0.3) is 0 Å². The molecule has 0 radical (unpaired) electrons. The Morgan fingerprint density at radius 2 is 1.93 bits per heavy atom. The Morgan fingerprint density at radius 1 is 1.36 bits per heavy atom. The van der Waals surface area contributed by atoms with Crippen molar-refractivity contribution in [2.45, 2.75) is 19.1 Å². The van der Waals surface area contributed by atoms with E-state index in [1.807, 2.05) is 0 Å². The molecule has 0 heterocycles. The van der Waals surface area contributed by atoms with Crippen molar-refractivity contribution >= 4 is 35.6 Å². The summed E-state index contributed by atoms with van der Waals surface area (Å²) >= 11 is 11.6. The summed E-state index contributed by atoms with van der Waals surface area (Å²) in [7, 11) is 0. The normalized spacial score (nSPS) is 14.4. The molecule has 0 aliphatic heterocycles. The molecule has 0 saturated carbocycles. The molecule has 14 heavy (non-hydrogen) atoms. The third-order valence-corrected chi connectivity index (χ3v) is 2.40. The molecule has 1 aromatic carbocycles. The van der Waals surface area contributed by atoms with E-state index in [9.17, 15) is 5.11 Å². The predicted octanol–water partition coefficient (Wildman–Crippen LogP) is 2.80. The molecule has 0 bridgehead atoms. The molecule has 0 aromatic heterocycles. The van der Waals surface area contributed by atoms with Crippen molar-refractivity contribution in [1.29, 1.82) is 0 Å². The number of halogens is 3. The molecule has 80 valence electrons. The summed E-state index contributed by atoms with van der Waals surface area (Å²) in [5.41, 5.74) is 6.42. The topological polar surface area (TPSA) is 46.2 Å². The molecular formula is C9H12Cl3NO. The maximum absolute atomic E-state index is 9.25. The fourth-order valence-corrected chi connectivity index (χ4v) is 1.57. The highest BCUT2D eigenvalue weighted by molar-refractivity contribution is 6.35. The lowest BCUT2D eigenvalue weighted by molar-refractivity contribution is 0.164. The first-order valence-corrected chi connectivity index (χ1v) is 4.66. The second-order valence-corrected chi connectivity index (χ2v) is 3.78. The number of hydrogen-bond donors (Lipinski definition) is 2. The molecule has 0 saturated heterocycles. The Kier molecular flexibility index (Phi) is 5.79. The van der Waals surface area contributed by atoms with Crippen LogP contribution >= 0.6 is 35.6 Å². The van der Waals surface area contributed by atoms with Crippen LogP contribution in [0, 0.1) is 0 Å². The minimum Gasteiger partial charge on any atom is -0.391 e. The molecule has 0 amide bonds. The van der Waals surface area contributed by atoms with Crippen LogP contribution in [0.2, 0.25) is 10.0 Å². The van der Waals surface area contributed by atoms with Crippen LogP contribution in [0.25, 0.3) is 0 Å².